The Bertz CT molecular complexity index is 248. The molecular formula is C8H14N2O6. The van der Waals surface area contributed by atoms with Crippen LogP contribution in [0.25, 0.3) is 0 Å². The number of aliphatic carboxylic acids is 2. The molecule has 0 heterocycles. The van der Waals surface area contributed by atoms with Gasteiger partial charge in [0.05, 0.1) is 0 Å². The summed E-state index contributed by atoms with van der Waals surface area (Å²) in [6.07, 6.45) is 1.12. The molecule has 6 N–H and O–H groups in total. The minimum atomic E-state index is -1.26. The van der Waals surface area contributed by atoms with Crippen LogP contribution in [0.1, 0.15) is 13.8 Å². The van der Waals surface area contributed by atoms with Gasteiger partial charge in [0.15, 0.2) is 0 Å². The Morgan fingerprint density at radius 1 is 0.812 bits per heavy atom. The SMILES string of the molecule is CC(N)=O.CC(N)=O.O=C(O)/C=C\C(=O)O. The van der Waals surface area contributed by atoms with Gasteiger partial charge in [-0.2, -0.15) is 0 Å². The van der Waals surface area contributed by atoms with Gasteiger partial charge in [-0.1, -0.05) is 0 Å². The quantitative estimate of drug-likeness (QED) is 0.434. The maximum Gasteiger partial charge on any atom is 0.328 e. The van der Waals surface area contributed by atoms with Crippen LogP contribution < -0.4 is 11.5 Å². The summed E-state index contributed by atoms with van der Waals surface area (Å²) in [5.74, 6) is -3.18. The first-order chi connectivity index (χ1) is 7.09. The lowest BCUT2D eigenvalue weighted by atomic mass is 10.5. The van der Waals surface area contributed by atoms with Crippen LogP contribution in [0.4, 0.5) is 0 Å². The summed E-state index contributed by atoms with van der Waals surface area (Å²) >= 11 is 0. The Labute approximate surface area is 91.5 Å². The van der Waals surface area contributed by atoms with Crippen molar-refractivity contribution < 1.29 is 29.4 Å². The second kappa shape index (κ2) is 12.6. The molecule has 0 aliphatic rings. The molecule has 92 valence electrons. The Balaban J connectivity index is -0.000000179. The van der Waals surface area contributed by atoms with Gasteiger partial charge in [-0.05, 0) is 0 Å². The van der Waals surface area contributed by atoms with Crippen LogP contribution in [0.2, 0.25) is 0 Å². The van der Waals surface area contributed by atoms with Crippen LogP contribution in [0.3, 0.4) is 0 Å². The highest BCUT2D eigenvalue weighted by Crippen LogP contribution is 1.70. The number of hydrogen-bond donors (Lipinski definition) is 4. The molecule has 0 radical (unpaired) electrons. The number of nitrogens with two attached hydrogens (primary N) is 2. The van der Waals surface area contributed by atoms with Gasteiger partial charge in [-0.15, -0.1) is 0 Å². The molecule has 0 aromatic heterocycles. The van der Waals surface area contributed by atoms with Crippen molar-refractivity contribution in [3.63, 3.8) is 0 Å². The van der Waals surface area contributed by atoms with Crippen LogP contribution in [-0.4, -0.2) is 34.0 Å². The maximum absolute atomic E-state index is 9.55. The van der Waals surface area contributed by atoms with E-state index < -0.39 is 11.9 Å². The van der Waals surface area contributed by atoms with Gasteiger partial charge in [-0.3, -0.25) is 9.59 Å². The zero-order valence-corrected chi connectivity index (χ0v) is 8.84. The third-order valence-electron chi connectivity index (χ3n) is 0.368. The number of rotatable bonds is 2. The second-order valence-electron chi connectivity index (χ2n) is 2.23. The average Bonchev–Trinajstić information content (AvgIpc) is 1.98. The van der Waals surface area contributed by atoms with Gasteiger partial charge < -0.3 is 21.7 Å². The summed E-state index contributed by atoms with van der Waals surface area (Å²) < 4.78 is 0. The van der Waals surface area contributed by atoms with Crippen LogP contribution in [0.5, 0.6) is 0 Å². The molecule has 0 saturated carbocycles. The highest BCUT2D eigenvalue weighted by molar-refractivity contribution is 5.89. The van der Waals surface area contributed by atoms with Gasteiger partial charge >= 0.3 is 11.9 Å². The van der Waals surface area contributed by atoms with Crippen molar-refractivity contribution in [3.05, 3.63) is 12.2 Å². The first kappa shape index (κ1) is 19.2. The van der Waals surface area contributed by atoms with Crippen LogP contribution in [0.15, 0.2) is 12.2 Å². The van der Waals surface area contributed by atoms with E-state index in [0.29, 0.717) is 12.2 Å². The Morgan fingerprint density at radius 3 is 1.00 bits per heavy atom. The van der Waals surface area contributed by atoms with Crippen molar-refractivity contribution in [3.8, 4) is 0 Å². The summed E-state index contributed by atoms with van der Waals surface area (Å²) in [6.45, 7) is 2.61. The van der Waals surface area contributed by atoms with Crippen molar-refractivity contribution in [2.45, 2.75) is 13.8 Å². The monoisotopic (exact) mass is 234 g/mol. The first-order valence-electron chi connectivity index (χ1n) is 3.75. The molecular weight excluding hydrogens is 220 g/mol. The molecule has 0 bridgehead atoms. The minimum Gasteiger partial charge on any atom is -0.478 e. The largest absolute Gasteiger partial charge is 0.478 e. The summed E-state index contributed by atoms with van der Waals surface area (Å²) in [5, 5.41) is 15.6. The molecule has 2 amide bonds. The predicted molar refractivity (Wildman–Crippen MR) is 54.1 cm³/mol. The molecule has 0 aliphatic heterocycles. The number of hydrogen-bond acceptors (Lipinski definition) is 4. The van der Waals surface area contributed by atoms with Gasteiger partial charge in [0.1, 0.15) is 0 Å². The van der Waals surface area contributed by atoms with Gasteiger partial charge in [0.2, 0.25) is 11.8 Å². The summed E-state index contributed by atoms with van der Waals surface area (Å²) in [5.41, 5.74) is 8.94. The van der Waals surface area contributed by atoms with Crippen molar-refractivity contribution in [1.29, 1.82) is 0 Å². The molecule has 0 unspecified atom stereocenters. The van der Waals surface area contributed by atoms with E-state index in [1.165, 1.54) is 13.8 Å². The van der Waals surface area contributed by atoms with Crippen LogP contribution in [0, 0.1) is 0 Å². The van der Waals surface area contributed by atoms with Gasteiger partial charge in [-0.25, -0.2) is 9.59 Å². The fourth-order valence-corrected chi connectivity index (χ4v) is 0.143. The molecule has 0 aliphatic carbocycles. The average molecular weight is 234 g/mol. The Kier molecular flexibility index (Phi) is 15.2. The molecule has 16 heavy (non-hydrogen) atoms. The van der Waals surface area contributed by atoms with E-state index in [-0.39, 0.29) is 11.8 Å². The molecule has 8 nitrogen and oxygen atoms in total. The van der Waals surface area contributed by atoms with Crippen LogP contribution >= 0.6 is 0 Å². The lowest BCUT2D eigenvalue weighted by Crippen LogP contribution is -2.01. The van der Waals surface area contributed by atoms with E-state index in [2.05, 4.69) is 11.5 Å². The minimum absolute atomic E-state index is 0.333. The topological polar surface area (TPSA) is 161 Å². The predicted octanol–water partition coefficient (Wildman–Crippen LogP) is -1.30. The number of primary amides is 2. The number of carboxylic acids is 2. The molecule has 0 aromatic rings. The van der Waals surface area contributed by atoms with Crippen molar-refractivity contribution in [2.24, 2.45) is 11.5 Å². The fraction of sp³-hybridized carbons (Fsp3) is 0.250. The standard InChI is InChI=1S/C4H4O4.2C2H5NO/c5-3(6)1-2-4(7)8;2*1-2(3)4/h1-2H,(H,5,6)(H,7,8);2*1H3,(H2,3,4)/b2-1-;;. The third-order valence-corrected chi connectivity index (χ3v) is 0.368. The number of amides is 2. The van der Waals surface area contributed by atoms with E-state index in [0.717, 1.165) is 0 Å². The number of carboxylic acid groups (broad SMARTS) is 2. The smallest absolute Gasteiger partial charge is 0.328 e. The summed E-state index contributed by atoms with van der Waals surface area (Å²) in [6, 6.07) is 0. The lowest BCUT2D eigenvalue weighted by Gasteiger charge is -1.74. The Morgan fingerprint density at radius 2 is 0.938 bits per heavy atom. The van der Waals surface area contributed by atoms with Crippen molar-refractivity contribution >= 4 is 23.8 Å². The molecule has 8 heteroatoms. The van der Waals surface area contributed by atoms with Gasteiger partial charge in [0.25, 0.3) is 0 Å². The number of carbonyl (C=O) groups excluding carboxylic acids is 2. The lowest BCUT2D eigenvalue weighted by molar-refractivity contribution is -0.134. The Hall–Kier alpha value is -2.38. The molecule has 0 fully saturated rings. The first-order valence-corrected chi connectivity index (χ1v) is 3.75. The zero-order chi connectivity index (χ0) is 13.7. The molecule has 0 rings (SSSR count). The van der Waals surface area contributed by atoms with E-state index in [4.69, 9.17) is 10.2 Å². The van der Waals surface area contributed by atoms with Gasteiger partial charge in [0, 0.05) is 26.0 Å². The highest BCUT2D eigenvalue weighted by atomic mass is 16.4. The molecule has 0 aromatic carbocycles. The normalized spacial score (nSPS) is 7.88. The van der Waals surface area contributed by atoms with Crippen LogP contribution in [-0.2, 0) is 19.2 Å². The maximum atomic E-state index is 9.55. The second-order valence-corrected chi connectivity index (χ2v) is 2.23. The highest BCUT2D eigenvalue weighted by Gasteiger charge is 1.88. The van der Waals surface area contributed by atoms with Crippen molar-refractivity contribution in [2.75, 3.05) is 0 Å². The van der Waals surface area contributed by atoms with Crippen molar-refractivity contribution in [1.82, 2.24) is 0 Å². The summed E-state index contributed by atoms with van der Waals surface area (Å²) in [7, 11) is 0. The van der Waals surface area contributed by atoms with E-state index in [9.17, 15) is 19.2 Å². The van der Waals surface area contributed by atoms with E-state index in [1.54, 1.807) is 0 Å². The van der Waals surface area contributed by atoms with E-state index >= 15 is 0 Å². The fourth-order valence-electron chi connectivity index (χ4n) is 0.143. The number of carbonyl (C=O) groups is 4. The third kappa shape index (κ3) is 191. The molecule has 0 saturated heterocycles. The van der Waals surface area contributed by atoms with E-state index in [1.807, 2.05) is 0 Å². The zero-order valence-electron chi connectivity index (χ0n) is 8.84. The molecule has 0 atom stereocenters. The molecule has 0 spiro atoms. The summed E-state index contributed by atoms with van der Waals surface area (Å²) in [4.78, 5) is 37.6.